The van der Waals surface area contributed by atoms with Crippen LogP contribution in [0.25, 0.3) is 6.08 Å². The SMILES string of the molecule is NC1(S(=O)(=O)O)CC(S(=O)(=O)O)=Cc2ccccc21. The molecule has 0 saturated heterocycles. The minimum atomic E-state index is -4.77. The highest BCUT2D eigenvalue weighted by Gasteiger charge is 2.46. The maximum absolute atomic E-state index is 11.5. The molecule has 0 amide bonds. The summed E-state index contributed by atoms with van der Waals surface area (Å²) in [6.07, 6.45) is 0.392. The van der Waals surface area contributed by atoms with Gasteiger partial charge in [0.1, 0.15) is 0 Å². The summed E-state index contributed by atoms with van der Waals surface area (Å²) in [6, 6.07) is 5.87. The zero-order valence-electron chi connectivity index (χ0n) is 9.52. The standard InChI is InChI=1S/C10H11NO6S2/c11-10(19(15,16)17)6-8(18(12,13)14)5-7-3-1-2-4-9(7)10/h1-5H,6,11H2,(H,12,13,14)(H,15,16,17). The first kappa shape index (κ1) is 14.2. The monoisotopic (exact) mass is 305 g/mol. The van der Waals surface area contributed by atoms with Gasteiger partial charge in [-0.3, -0.25) is 9.11 Å². The van der Waals surface area contributed by atoms with Crippen molar-refractivity contribution in [3.05, 3.63) is 40.3 Å². The van der Waals surface area contributed by atoms with Crippen LogP contribution in [0.4, 0.5) is 0 Å². The minimum Gasteiger partial charge on any atom is -0.306 e. The van der Waals surface area contributed by atoms with Crippen LogP contribution in [0.15, 0.2) is 29.2 Å². The lowest BCUT2D eigenvalue weighted by molar-refractivity contribution is 0.424. The van der Waals surface area contributed by atoms with Crippen molar-refractivity contribution in [2.45, 2.75) is 11.3 Å². The van der Waals surface area contributed by atoms with Gasteiger partial charge in [0.2, 0.25) is 0 Å². The summed E-state index contributed by atoms with van der Waals surface area (Å²) in [5, 5.41) is 0. The Labute approximate surface area is 110 Å². The maximum atomic E-state index is 11.5. The van der Waals surface area contributed by atoms with Crippen LogP contribution >= 0.6 is 0 Å². The molecule has 1 aliphatic rings. The van der Waals surface area contributed by atoms with Gasteiger partial charge in [-0.25, -0.2) is 0 Å². The van der Waals surface area contributed by atoms with E-state index in [9.17, 15) is 21.4 Å². The summed E-state index contributed by atoms with van der Waals surface area (Å²) in [7, 11) is -9.36. The zero-order valence-corrected chi connectivity index (χ0v) is 11.1. The second-order valence-electron chi connectivity index (χ2n) is 4.21. The van der Waals surface area contributed by atoms with Crippen molar-refractivity contribution in [1.29, 1.82) is 0 Å². The first-order valence-corrected chi connectivity index (χ1v) is 7.97. The van der Waals surface area contributed by atoms with E-state index in [0.29, 0.717) is 0 Å². The van der Waals surface area contributed by atoms with Gasteiger partial charge in [0, 0.05) is 6.42 Å². The molecular weight excluding hydrogens is 294 g/mol. The molecule has 1 atom stereocenters. The predicted octanol–water partition coefficient (Wildman–Crippen LogP) is 0.318. The summed E-state index contributed by atoms with van der Waals surface area (Å²) >= 11 is 0. The Morgan fingerprint density at radius 1 is 1.11 bits per heavy atom. The Balaban J connectivity index is 2.80. The fourth-order valence-corrected chi connectivity index (χ4v) is 3.56. The van der Waals surface area contributed by atoms with Crippen molar-refractivity contribution < 1.29 is 25.9 Å². The molecule has 0 spiro atoms. The molecule has 0 aliphatic heterocycles. The fourth-order valence-electron chi connectivity index (χ4n) is 1.98. The Morgan fingerprint density at radius 3 is 2.21 bits per heavy atom. The first-order chi connectivity index (χ1) is 8.56. The van der Waals surface area contributed by atoms with E-state index >= 15 is 0 Å². The molecule has 104 valence electrons. The van der Waals surface area contributed by atoms with Gasteiger partial charge in [0.15, 0.2) is 4.87 Å². The van der Waals surface area contributed by atoms with Crippen LogP contribution in [0.2, 0.25) is 0 Å². The Kier molecular flexibility index (Phi) is 3.07. The number of nitrogens with two attached hydrogens (primary N) is 1. The smallest absolute Gasteiger partial charge is 0.290 e. The lowest BCUT2D eigenvalue weighted by atomic mass is 9.92. The molecule has 0 saturated carbocycles. The van der Waals surface area contributed by atoms with Gasteiger partial charge in [0.25, 0.3) is 20.2 Å². The molecule has 7 nitrogen and oxygen atoms in total. The number of rotatable bonds is 2. The lowest BCUT2D eigenvalue weighted by Crippen LogP contribution is -2.47. The van der Waals surface area contributed by atoms with Crippen molar-refractivity contribution in [3.63, 3.8) is 0 Å². The van der Waals surface area contributed by atoms with Crippen molar-refractivity contribution in [3.8, 4) is 0 Å². The van der Waals surface area contributed by atoms with E-state index in [1.807, 2.05) is 0 Å². The van der Waals surface area contributed by atoms with Crippen LogP contribution < -0.4 is 5.73 Å². The Bertz CT molecular complexity index is 765. The zero-order chi connectivity index (χ0) is 14.5. The minimum absolute atomic E-state index is 0.0740. The van der Waals surface area contributed by atoms with Crippen LogP contribution in [-0.4, -0.2) is 25.9 Å². The van der Waals surface area contributed by atoms with Gasteiger partial charge >= 0.3 is 0 Å². The van der Waals surface area contributed by atoms with Crippen molar-refractivity contribution in [2.75, 3.05) is 0 Å². The largest absolute Gasteiger partial charge is 0.306 e. The molecule has 0 heterocycles. The second-order valence-corrected chi connectivity index (χ2v) is 7.37. The lowest BCUT2D eigenvalue weighted by Gasteiger charge is -2.31. The van der Waals surface area contributed by atoms with Gasteiger partial charge in [0.05, 0.1) is 4.91 Å². The first-order valence-electron chi connectivity index (χ1n) is 5.09. The summed E-state index contributed by atoms with van der Waals surface area (Å²) in [6.45, 7) is 0. The third-order valence-corrected chi connectivity index (χ3v) is 5.17. The molecular formula is C10H11NO6S2. The quantitative estimate of drug-likeness (QED) is 0.669. The van der Waals surface area contributed by atoms with E-state index in [0.717, 1.165) is 6.08 Å². The van der Waals surface area contributed by atoms with Crippen molar-refractivity contribution in [2.24, 2.45) is 5.73 Å². The molecule has 0 radical (unpaired) electrons. The molecule has 0 bridgehead atoms. The maximum Gasteiger partial charge on any atom is 0.290 e. The highest BCUT2D eigenvalue weighted by atomic mass is 32.2. The van der Waals surface area contributed by atoms with Gasteiger partial charge in [-0.15, -0.1) is 0 Å². The number of benzene rings is 1. The van der Waals surface area contributed by atoms with Gasteiger partial charge in [-0.1, -0.05) is 24.3 Å². The van der Waals surface area contributed by atoms with Crippen LogP contribution in [0.3, 0.4) is 0 Å². The third-order valence-electron chi connectivity index (χ3n) is 2.96. The van der Waals surface area contributed by atoms with E-state index in [1.54, 1.807) is 6.07 Å². The molecule has 2 rings (SSSR count). The van der Waals surface area contributed by atoms with Crippen LogP contribution in [-0.2, 0) is 25.1 Å². The molecule has 1 aromatic rings. The predicted molar refractivity (Wildman–Crippen MR) is 68.0 cm³/mol. The topological polar surface area (TPSA) is 135 Å². The van der Waals surface area contributed by atoms with E-state index < -0.39 is 36.4 Å². The molecule has 1 aromatic carbocycles. The molecule has 0 aromatic heterocycles. The van der Waals surface area contributed by atoms with E-state index in [2.05, 4.69) is 0 Å². The number of hydrogen-bond acceptors (Lipinski definition) is 5. The van der Waals surface area contributed by atoms with Crippen LogP contribution in [0.5, 0.6) is 0 Å². The average Bonchev–Trinajstić information content (AvgIpc) is 2.26. The number of hydrogen-bond donors (Lipinski definition) is 3. The summed E-state index contributed by atoms with van der Waals surface area (Å²) in [5.74, 6) is 0. The normalized spacial score (nSPS) is 23.6. The summed E-state index contributed by atoms with van der Waals surface area (Å²) in [4.78, 5) is -2.87. The molecule has 9 heteroatoms. The average molecular weight is 305 g/mol. The van der Waals surface area contributed by atoms with Gasteiger partial charge in [-0.05, 0) is 17.2 Å². The Morgan fingerprint density at radius 2 is 1.68 bits per heavy atom. The fraction of sp³-hybridized carbons (Fsp3) is 0.200. The van der Waals surface area contributed by atoms with E-state index in [1.165, 1.54) is 18.2 Å². The molecule has 0 fully saturated rings. The molecule has 4 N–H and O–H groups in total. The van der Waals surface area contributed by atoms with E-state index in [-0.39, 0.29) is 11.1 Å². The highest BCUT2D eigenvalue weighted by molar-refractivity contribution is 7.90. The van der Waals surface area contributed by atoms with Crippen molar-refractivity contribution >= 4 is 26.3 Å². The van der Waals surface area contributed by atoms with Crippen molar-refractivity contribution in [1.82, 2.24) is 0 Å². The third kappa shape index (κ3) is 2.30. The summed E-state index contributed by atoms with van der Waals surface area (Å²) < 4.78 is 63.6. The molecule has 1 aliphatic carbocycles. The second kappa shape index (κ2) is 4.12. The number of fused-ring (bicyclic) bond motifs is 1. The molecule has 1 unspecified atom stereocenters. The van der Waals surface area contributed by atoms with E-state index in [4.69, 9.17) is 10.3 Å². The van der Waals surface area contributed by atoms with Crippen LogP contribution in [0.1, 0.15) is 17.5 Å². The van der Waals surface area contributed by atoms with Gasteiger partial charge in [-0.2, -0.15) is 16.8 Å². The Hall–Kier alpha value is -1.26. The van der Waals surface area contributed by atoms with Gasteiger partial charge < -0.3 is 5.73 Å². The molecule has 19 heavy (non-hydrogen) atoms. The summed E-state index contributed by atoms with van der Waals surface area (Å²) in [5.41, 5.74) is 5.96. The highest BCUT2D eigenvalue weighted by Crippen LogP contribution is 2.39. The van der Waals surface area contributed by atoms with Crippen LogP contribution in [0, 0.1) is 0 Å².